The number of hydrogen-bond donors (Lipinski definition) is 1. The topological polar surface area (TPSA) is 99.3 Å². The maximum absolute atomic E-state index is 11.0. The van der Waals surface area contributed by atoms with Gasteiger partial charge in [0.25, 0.3) is 0 Å². The molecular weight excluding hydrogens is 284 g/mol. The Morgan fingerprint density at radius 3 is 2.73 bits per heavy atom. The standard InChI is InChI=1S/C15H18N4O3/c16-8-11-7-14(18-9-17-11)19-5-3-10(4-6-19)12-1-2-13(22-12)15(20)21/h7,9-10,12-13H,1-6H2,(H,20,21)/t12-,13+/m0/s1. The first-order valence-electron chi connectivity index (χ1n) is 7.52. The number of anilines is 1. The molecule has 0 bridgehead atoms. The average Bonchev–Trinajstić information content (AvgIpc) is 3.05. The smallest absolute Gasteiger partial charge is 0.332 e. The maximum Gasteiger partial charge on any atom is 0.332 e. The molecule has 0 aromatic carbocycles. The summed E-state index contributed by atoms with van der Waals surface area (Å²) in [6, 6.07) is 3.72. The molecule has 0 saturated carbocycles. The Balaban J connectivity index is 1.57. The van der Waals surface area contributed by atoms with Gasteiger partial charge in [-0.3, -0.25) is 0 Å². The zero-order valence-electron chi connectivity index (χ0n) is 12.2. The van der Waals surface area contributed by atoms with Crippen LogP contribution in [0.25, 0.3) is 0 Å². The minimum absolute atomic E-state index is 0.0586. The van der Waals surface area contributed by atoms with Crippen LogP contribution < -0.4 is 4.90 Å². The second-order valence-corrected chi connectivity index (χ2v) is 5.78. The van der Waals surface area contributed by atoms with Crippen LogP contribution in [0.4, 0.5) is 5.82 Å². The highest BCUT2D eigenvalue weighted by molar-refractivity contribution is 5.72. The van der Waals surface area contributed by atoms with E-state index in [1.807, 2.05) is 6.07 Å². The predicted octanol–water partition coefficient (Wildman–Crippen LogP) is 1.20. The van der Waals surface area contributed by atoms with Gasteiger partial charge < -0.3 is 14.7 Å². The summed E-state index contributed by atoms with van der Waals surface area (Å²) >= 11 is 0. The number of nitriles is 1. The molecule has 2 atom stereocenters. The van der Waals surface area contributed by atoms with Crippen LogP contribution in [0.2, 0.25) is 0 Å². The molecule has 1 N–H and O–H groups in total. The third-order valence-electron chi connectivity index (χ3n) is 4.48. The van der Waals surface area contributed by atoms with Gasteiger partial charge in [-0.25, -0.2) is 14.8 Å². The molecular formula is C15H18N4O3. The summed E-state index contributed by atoms with van der Waals surface area (Å²) in [4.78, 5) is 21.2. The quantitative estimate of drug-likeness (QED) is 0.895. The van der Waals surface area contributed by atoms with E-state index < -0.39 is 12.1 Å². The summed E-state index contributed by atoms with van der Waals surface area (Å²) in [6.45, 7) is 1.67. The van der Waals surface area contributed by atoms with Crippen LogP contribution in [0.5, 0.6) is 0 Å². The van der Waals surface area contributed by atoms with Crippen molar-refractivity contribution < 1.29 is 14.6 Å². The van der Waals surface area contributed by atoms with Gasteiger partial charge in [0.15, 0.2) is 6.10 Å². The number of aromatic nitrogens is 2. The van der Waals surface area contributed by atoms with E-state index in [2.05, 4.69) is 14.9 Å². The van der Waals surface area contributed by atoms with Crippen molar-refractivity contribution in [3.63, 3.8) is 0 Å². The summed E-state index contributed by atoms with van der Waals surface area (Å²) in [6.07, 6.45) is 4.17. The second-order valence-electron chi connectivity index (χ2n) is 5.78. The predicted molar refractivity (Wildman–Crippen MR) is 77.2 cm³/mol. The minimum Gasteiger partial charge on any atom is -0.479 e. The van der Waals surface area contributed by atoms with Crippen LogP contribution in [-0.4, -0.2) is 46.3 Å². The first kappa shape index (κ1) is 14.7. The third-order valence-corrected chi connectivity index (χ3v) is 4.48. The number of carboxylic acids is 1. The van der Waals surface area contributed by atoms with Gasteiger partial charge >= 0.3 is 5.97 Å². The molecule has 7 nitrogen and oxygen atoms in total. The van der Waals surface area contributed by atoms with E-state index in [1.54, 1.807) is 6.07 Å². The zero-order valence-corrected chi connectivity index (χ0v) is 12.2. The number of nitrogens with zero attached hydrogens (tertiary/aromatic N) is 4. The molecule has 2 aliphatic heterocycles. The van der Waals surface area contributed by atoms with Crippen LogP contribution in [-0.2, 0) is 9.53 Å². The Labute approximate surface area is 128 Å². The molecule has 3 heterocycles. The third kappa shape index (κ3) is 3.02. The second kappa shape index (κ2) is 6.28. The Kier molecular flexibility index (Phi) is 4.20. The van der Waals surface area contributed by atoms with E-state index in [-0.39, 0.29) is 6.10 Å². The number of aliphatic carboxylic acids is 1. The summed E-state index contributed by atoms with van der Waals surface area (Å²) in [5.74, 6) is 0.323. The van der Waals surface area contributed by atoms with Crippen molar-refractivity contribution in [2.45, 2.75) is 37.9 Å². The van der Waals surface area contributed by atoms with E-state index in [9.17, 15) is 4.79 Å². The molecule has 1 aromatic rings. The van der Waals surface area contributed by atoms with Gasteiger partial charge in [0.2, 0.25) is 0 Å². The van der Waals surface area contributed by atoms with Crippen molar-refractivity contribution in [2.75, 3.05) is 18.0 Å². The number of carboxylic acid groups (broad SMARTS) is 1. The molecule has 2 saturated heterocycles. The highest BCUT2D eigenvalue weighted by atomic mass is 16.5. The van der Waals surface area contributed by atoms with Crippen LogP contribution in [0.3, 0.4) is 0 Å². The first-order valence-corrected chi connectivity index (χ1v) is 7.52. The van der Waals surface area contributed by atoms with E-state index in [1.165, 1.54) is 6.33 Å². The van der Waals surface area contributed by atoms with Gasteiger partial charge in [-0.2, -0.15) is 5.26 Å². The van der Waals surface area contributed by atoms with Crippen molar-refractivity contribution >= 4 is 11.8 Å². The Bertz CT molecular complexity index is 593. The zero-order chi connectivity index (χ0) is 15.5. The molecule has 2 aliphatic rings. The van der Waals surface area contributed by atoms with Gasteiger partial charge in [0.05, 0.1) is 6.10 Å². The summed E-state index contributed by atoms with van der Waals surface area (Å²) in [7, 11) is 0. The molecule has 22 heavy (non-hydrogen) atoms. The Hall–Kier alpha value is -2.20. The normalized spacial score (nSPS) is 25.9. The molecule has 0 spiro atoms. The first-order chi connectivity index (χ1) is 10.7. The largest absolute Gasteiger partial charge is 0.479 e. The fraction of sp³-hybridized carbons (Fsp3) is 0.600. The summed E-state index contributed by atoms with van der Waals surface area (Å²) in [5, 5.41) is 17.9. The van der Waals surface area contributed by atoms with Crippen LogP contribution >= 0.6 is 0 Å². The monoisotopic (exact) mass is 302 g/mol. The molecule has 1 aromatic heterocycles. The lowest BCUT2D eigenvalue weighted by Gasteiger charge is -2.35. The highest BCUT2D eigenvalue weighted by Gasteiger charge is 2.36. The molecule has 0 unspecified atom stereocenters. The molecule has 7 heteroatoms. The number of rotatable bonds is 3. The van der Waals surface area contributed by atoms with Crippen LogP contribution in [0, 0.1) is 17.2 Å². The number of ether oxygens (including phenoxy) is 1. The van der Waals surface area contributed by atoms with Crippen LogP contribution in [0.15, 0.2) is 12.4 Å². The fourth-order valence-corrected chi connectivity index (χ4v) is 3.27. The minimum atomic E-state index is -0.857. The Morgan fingerprint density at radius 1 is 1.32 bits per heavy atom. The van der Waals surface area contributed by atoms with Crippen molar-refractivity contribution in [1.29, 1.82) is 5.26 Å². The van der Waals surface area contributed by atoms with Gasteiger partial charge in [-0.15, -0.1) is 0 Å². The van der Waals surface area contributed by atoms with E-state index in [0.29, 0.717) is 18.0 Å². The lowest BCUT2D eigenvalue weighted by Crippen LogP contribution is -2.38. The van der Waals surface area contributed by atoms with Gasteiger partial charge in [-0.1, -0.05) is 0 Å². The summed E-state index contributed by atoms with van der Waals surface area (Å²) < 4.78 is 5.65. The lowest BCUT2D eigenvalue weighted by atomic mass is 9.90. The van der Waals surface area contributed by atoms with Gasteiger partial charge in [-0.05, 0) is 31.6 Å². The lowest BCUT2D eigenvalue weighted by molar-refractivity contribution is -0.150. The van der Waals surface area contributed by atoms with E-state index in [0.717, 1.165) is 38.2 Å². The number of hydrogen-bond acceptors (Lipinski definition) is 6. The average molecular weight is 302 g/mol. The van der Waals surface area contributed by atoms with Gasteiger partial charge in [0.1, 0.15) is 23.9 Å². The fourth-order valence-electron chi connectivity index (χ4n) is 3.27. The van der Waals surface area contributed by atoms with E-state index >= 15 is 0 Å². The van der Waals surface area contributed by atoms with Crippen LogP contribution in [0.1, 0.15) is 31.4 Å². The Morgan fingerprint density at radius 2 is 2.09 bits per heavy atom. The van der Waals surface area contributed by atoms with Gasteiger partial charge in [0, 0.05) is 19.2 Å². The van der Waals surface area contributed by atoms with Crippen molar-refractivity contribution in [1.82, 2.24) is 9.97 Å². The van der Waals surface area contributed by atoms with Crippen molar-refractivity contribution in [2.24, 2.45) is 5.92 Å². The number of piperidine rings is 1. The SMILES string of the molecule is N#Cc1cc(N2CCC([C@@H]3CC[C@H](C(=O)O)O3)CC2)ncn1. The van der Waals surface area contributed by atoms with Crippen molar-refractivity contribution in [3.05, 3.63) is 18.1 Å². The molecule has 3 rings (SSSR count). The molecule has 116 valence electrons. The van der Waals surface area contributed by atoms with E-state index in [4.69, 9.17) is 15.1 Å². The molecule has 0 aliphatic carbocycles. The maximum atomic E-state index is 11.0. The molecule has 0 amide bonds. The van der Waals surface area contributed by atoms with Crippen molar-refractivity contribution in [3.8, 4) is 6.07 Å². The summed E-state index contributed by atoms with van der Waals surface area (Å²) in [5.41, 5.74) is 0.371. The molecule has 0 radical (unpaired) electrons. The number of carbonyl (C=O) groups is 1. The highest BCUT2D eigenvalue weighted by Crippen LogP contribution is 2.32. The molecule has 2 fully saturated rings.